The lowest BCUT2D eigenvalue weighted by atomic mass is 10.2. The van der Waals surface area contributed by atoms with E-state index in [1.165, 1.54) is 0 Å². The fraction of sp³-hybridized carbons (Fsp3) is 0.900. The normalized spacial score (nSPS) is 10.1. The van der Waals surface area contributed by atoms with Gasteiger partial charge in [-0.25, -0.2) is 0 Å². The average Bonchev–Trinajstić information content (AvgIpc) is 2.18. The zero-order valence-electron chi connectivity index (χ0n) is 8.85. The Labute approximate surface area is 94.7 Å². The van der Waals surface area contributed by atoms with Gasteiger partial charge in [0.2, 0.25) is 5.91 Å². The quantitative estimate of drug-likeness (QED) is 0.512. The largest absolute Gasteiger partial charge is 0.382 e. The van der Waals surface area contributed by atoms with Gasteiger partial charge in [0.05, 0.1) is 0 Å². The molecule has 0 unspecified atom stereocenters. The van der Waals surface area contributed by atoms with Crippen LogP contribution in [0.15, 0.2) is 0 Å². The Hall–Kier alpha value is -0.0900. The van der Waals surface area contributed by atoms with E-state index in [1.807, 2.05) is 6.92 Å². The molecule has 84 valence electrons. The van der Waals surface area contributed by atoms with E-state index in [1.54, 1.807) is 0 Å². The molecule has 0 aromatic heterocycles. The summed E-state index contributed by atoms with van der Waals surface area (Å²) in [7, 11) is 0. The molecular weight excluding hydrogens is 246 g/mol. The molecule has 0 fully saturated rings. The van der Waals surface area contributed by atoms with E-state index in [9.17, 15) is 4.79 Å². The first-order valence-electron chi connectivity index (χ1n) is 5.21. The van der Waals surface area contributed by atoms with Crippen LogP contribution < -0.4 is 5.32 Å². The lowest BCUT2D eigenvalue weighted by Crippen LogP contribution is -2.24. The predicted octanol–water partition coefficient (Wildman–Crippen LogP) is 2.09. The van der Waals surface area contributed by atoms with Gasteiger partial charge in [-0.1, -0.05) is 15.9 Å². The first kappa shape index (κ1) is 13.9. The Bertz CT molecular complexity index is 142. The van der Waals surface area contributed by atoms with E-state index >= 15 is 0 Å². The molecular formula is C10H20BrNO2. The summed E-state index contributed by atoms with van der Waals surface area (Å²) in [5.41, 5.74) is 0. The van der Waals surface area contributed by atoms with Crippen molar-refractivity contribution in [1.29, 1.82) is 0 Å². The molecule has 1 amide bonds. The second kappa shape index (κ2) is 11.0. The molecule has 4 heteroatoms. The minimum Gasteiger partial charge on any atom is -0.382 e. The van der Waals surface area contributed by atoms with Crippen LogP contribution in [0.4, 0.5) is 0 Å². The molecule has 0 bridgehead atoms. The molecule has 0 saturated heterocycles. The first-order chi connectivity index (χ1) is 6.81. The number of ether oxygens (including phenoxy) is 1. The van der Waals surface area contributed by atoms with Crippen LogP contribution in [0.5, 0.6) is 0 Å². The first-order valence-corrected chi connectivity index (χ1v) is 6.33. The minimum absolute atomic E-state index is 0.155. The van der Waals surface area contributed by atoms with Crippen LogP contribution >= 0.6 is 15.9 Å². The number of unbranched alkanes of at least 4 members (excludes halogenated alkanes) is 1. The topological polar surface area (TPSA) is 38.3 Å². The monoisotopic (exact) mass is 265 g/mol. The van der Waals surface area contributed by atoms with Gasteiger partial charge in [-0.05, 0) is 26.2 Å². The maximum atomic E-state index is 11.2. The third kappa shape index (κ3) is 9.99. The van der Waals surface area contributed by atoms with Gasteiger partial charge in [0.15, 0.2) is 0 Å². The Morgan fingerprint density at radius 1 is 1.36 bits per heavy atom. The number of carbonyl (C=O) groups excluding carboxylic acids is 1. The molecule has 0 rings (SSSR count). The van der Waals surface area contributed by atoms with Gasteiger partial charge < -0.3 is 10.1 Å². The summed E-state index contributed by atoms with van der Waals surface area (Å²) >= 11 is 3.33. The standard InChI is InChI=1S/C10H20BrNO2/c1-2-14-9-5-8-12-10(13)6-3-4-7-11/h2-9H2,1H3,(H,12,13). The SMILES string of the molecule is CCOCCCNC(=O)CCCCBr. The van der Waals surface area contributed by atoms with Crippen molar-refractivity contribution in [3.05, 3.63) is 0 Å². The zero-order valence-corrected chi connectivity index (χ0v) is 10.4. The van der Waals surface area contributed by atoms with Gasteiger partial charge in [-0.3, -0.25) is 4.79 Å². The van der Waals surface area contributed by atoms with Gasteiger partial charge in [-0.15, -0.1) is 0 Å². The van der Waals surface area contributed by atoms with E-state index in [4.69, 9.17) is 4.74 Å². The lowest BCUT2D eigenvalue weighted by Gasteiger charge is -2.04. The second-order valence-electron chi connectivity index (χ2n) is 3.05. The average molecular weight is 266 g/mol. The summed E-state index contributed by atoms with van der Waals surface area (Å²) in [5, 5.41) is 3.84. The molecule has 1 N–H and O–H groups in total. The summed E-state index contributed by atoms with van der Waals surface area (Å²) in [5.74, 6) is 0.155. The Morgan fingerprint density at radius 3 is 2.79 bits per heavy atom. The molecule has 0 aromatic carbocycles. The molecule has 3 nitrogen and oxygen atoms in total. The van der Waals surface area contributed by atoms with Crippen molar-refractivity contribution >= 4 is 21.8 Å². The maximum absolute atomic E-state index is 11.2. The highest BCUT2D eigenvalue weighted by molar-refractivity contribution is 9.09. The van der Waals surface area contributed by atoms with Crippen molar-refractivity contribution in [2.24, 2.45) is 0 Å². The van der Waals surface area contributed by atoms with E-state index in [0.29, 0.717) is 6.42 Å². The molecule has 0 aliphatic heterocycles. The van der Waals surface area contributed by atoms with Gasteiger partial charge >= 0.3 is 0 Å². The number of alkyl halides is 1. The maximum Gasteiger partial charge on any atom is 0.219 e. The summed E-state index contributed by atoms with van der Waals surface area (Å²) in [6.07, 6.45) is 3.56. The number of halogens is 1. The van der Waals surface area contributed by atoms with Crippen molar-refractivity contribution < 1.29 is 9.53 Å². The molecule has 0 aliphatic carbocycles. The molecule has 0 heterocycles. The highest BCUT2D eigenvalue weighted by Gasteiger charge is 1.99. The highest BCUT2D eigenvalue weighted by Crippen LogP contribution is 1.97. The van der Waals surface area contributed by atoms with Crippen molar-refractivity contribution in [1.82, 2.24) is 5.32 Å². The number of hydrogen-bond acceptors (Lipinski definition) is 2. The summed E-state index contributed by atoms with van der Waals surface area (Å²) < 4.78 is 5.16. The van der Waals surface area contributed by atoms with E-state index in [0.717, 1.165) is 44.4 Å². The molecule has 0 saturated carbocycles. The van der Waals surface area contributed by atoms with Crippen molar-refractivity contribution in [3.8, 4) is 0 Å². The molecule has 0 spiro atoms. The molecule has 14 heavy (non-hydrogen) atoms. The van der Waals surface area contributed by atoms with Gasteiger partial charge in [0.25, 0.3) is 0 Å². The Morgan fingerprint density at radius 2 is 2.14 bits per heavy atom. The van der Waals surface area contributed by atoms with Crippen LogP contribution in [0.3, 0.4) is 0 Å². The number of carbonyl (C=O) groups is 1. The fourth-order valence-electron chi connectivity index (χ4n) is 1.01. The number of hydrogen-bond donors (Lipinski definition) is 1. The van der Waals surface area contributed by atoms with Crippen LogP contribution in [0.25, 0.3) is 0 Å². The van der Waals surface area contributed by atoms with Crippen LogP contribution in [0.1, 0.15) is 32.6 Å². The third-order valence-electron chi connectivity index (χ3n) is 1.78. The van der Waals surface area contributed by atoms with Crippen LogP contribution in [-0.4, -0.2) is 31.0 Å². The number of nitrogens with one attached hydrogen (secondary N) is 1. The Kier molecular flexibility index (Phi) is 10.9. The number of amides is 1. The van der Waals surface area contributed by atoms with Crippen LogP contribution in [0.2, 0.25) is 0 Å². The van der Waals surface area contributed by atoms with Crippen molar-refractivity contribution in [2.75, 3.05) is 25.1 Å². The second-order valence-corrected chi connectivity index (χ2v) is 3.84. The van der Waals surface area contributed by atoms with Gasteiger partial charge in [-0.2, -0.15) is 0 Å². The zero-order chi connectivity index (χ0) is 10.6. The van der Waals surface area contributed by atoms with Crippen LogP contribution in [-0.2, 0) is 9.53 Å². The summed E-state index contributed by atoms with van der Waals surface area (Å²) in [6.45, 7) is 4.18. The smallest absolute Gasteiger partial charge is 0.219 e. The van der Waals surface area contributed by atoms with Gasteiger partial charge in [0, 0.05) is 31.5 Å². The molecule has 0 radical (unpaired) electrons. The summed E-state index contributed by atoms with van der Waals surface area (Å²) in [4.78, 5) is 11.2. The number of rotatable bonds is 9. The van der Waals surface area contributed by atoms with Crippen LogP contribution in [0, 0.1) is 0 Å². The van der Waals surface area contributed by atoms with Gasteiger partial charge in [0.1, 0.15) is 0 Å². The highest BCUT2D eigenvalue weighted by atomic mass is 79.9. The van der Waals surface area contributed by atoms with E-state index < -0.39 is 0 Å². The molecule has 0 aliphatic rings. The fourth-order valence-corrected chi connectivity index (χ4v) is 1.41. The molecule has 0 aromatic rings. The minimum atomic E-state index is 0.155. The Balaban J connectivity index is 3.10. The molecule has 0 atom stereocenters. The lowest BCUT2D eigenvalue weighted by molar-refractivity contribution is -0.121. The predicted molar refractivity (Wildman–Crippen MR) is 61.8 cm³/mol. The summed E-state index contributed by atoms with van der Waals surface area (Å²) in [6, 6.07) is 0. The van der Waals surface area contributed by atoms with E-state index in [2.05, 4.69) is 21.2 Å². The van der Waals surface area contributed by atoms with E-state index in [-0.39, 0.29) is 5.91 Å². The third-order valence-corrected chi connectivity index (χ3v) is 2.34. The van der Waals surface area contributed by atoms with Crippen molar-refractivity contribution in [2.45, 2.75) is 32.6 Å². The van der Waals surface area contributed by atoms with Crippen molar-refractivity contribution in [3.63, 3.8) is 0 Å².